The summed E-state index contributed by atoms with van der Waals surface area (Å²) in [5, 5.41) is 8.21. The highest BCUT2D eigenvalue weighted by molar-refractivity contribution is 7.91. The van der Waals surface area contributed by atoms with Crippen LogP contribution in [-0.2, 0) is 0 Å². The van der Waals surface area contributed by atoms with E-state index in [0.717, 1.165) is 0 Å². The average molecular weight is 420 g/mol. The quantitative estimate of drug-likeness (QED) is 0.370. The minimum absolute atomic E-state index is 1.23. The van der Waals surface area contributed by atoms with Gasteiger partial charge in [-0.25, -0.2) is 0 Å². The zero-order valence-electron chi connectivity index (χ0n) is 17.9. The predicted molar refractivity (Wildman–Crippen MR) is 138 cm³/mol. The smallest absolute Gasteiger partial charge is 0.0435 e. The molecule has 0 heterocycles. The van der Waals surface area contributed by atoms with Gasteiger partial charge in [-0.1, -0.05) is 115 Å². The number of aryl methyl sites for hydroxylation is 2. The maximum absolute atomic E-state index is 4.17. The number of rotatable bonds is 4. The van der Waals surface area contributed by atoms with Gasteiger partial charge in [0.2, 0.25) is 0 Å². The molecular formula is C29H26NP. The van der Waals surface area contributed by atoms with E-state index in [1.807, 2.05) is 0 Å². The summed E-state index contributed by atoms with van der Waals surface area (Å²) in [6.07, 6.45) is 4.59. The largest absolute Gasteiger partial charge is 0.358 e. The second-order valence-electron chi connectivity index (χ2n) is 8.03. The third-order valence-corrected chi connectivity index (χ3v) is 9.88. The van der Waals surface area contributed by atoms with Gasteiger partial charge in [0.25, 0.3) is 0 Å². The Morgan fingerprint density at radius 2 is 1.10 bits per heavy atom. The fourth-order valence-electron chi connectivity index (χ4n) is 4.50. The number of benzene rings is 4. The first-order chi connectivity index (χ1) is 15.2. The number of nitrogens with one attached hydrogen (secondary N) is 1. The predicted octanol–water partition coefficient (Wildman–Crippen LogP) is 6.55. The second kappa shape index (κ2) is 8.10. The minimum atomic E-state index is -2.18. The molecular weight excluding hydrogens is 393 g/mol. The first-order valence-corrected chi connectivity index (χ1v) is 12.5. The topological polar surface area (TPSA) is 12.0 Å². The summed E-state index contributed by atoms with van der Waals surface area (Å²) >= 11 is 0. The van der Waals surface area contributed by atoms with Crippen molar-refractivity contribution in [1.82, 2.24) is 0 Å². The van der Waals surface area contributed by atoms with Gasteiger partial charge in [0.05, 0.1) is 0 Å². The summed E-state index contributed by atoms with van der Waals surface area (Å²) in [4.78, 5) is 0. The number of hydrogen-bond donors (Lipinski definition) is 1. The van der Waals surface area contributed by atoms with E-state index in [2.05, 4.69) is 134 Å². The molecule has 0 spiro atoms. The van der Waals surface area contributed by atoms with Gasteiger partial charge < -0.3 is 5.09 Å². The lowest BCUT2D eigenvalue weighted by atomic mass is 10.1. The van der Waals surface area contributed by atoms with Crippen molar-refractivity contribution in [2.24, 2.45) is 0 Å². The summed E-state index contributed by atoms with van der Waals surface area (Å²) < 4.78 is 0. The van der Waals surface area contributed by atoms with Crippen molar-refractivity contribution < 1.29 is 0 Å². The third-order valence-electron chi connectivity index (χ3n) is 6.07. The third kappa shape index (κ3) is 3.36. The van der Waals surface area contributed by atoms with Crippen LogP contribution in [-0.4, -0.2) is 5.29 Å². The first kappa shape index (κ1) is 19.7. The van der Waals surface area contributed by atoms with E-state index in [4.69, 9.17) is 0 Å². The Hall–Kier alpha value is -3.28. The number of anilines is 1. The zero-order chi connectivity index (χ0) is 21.3. The van der Waals surface area contributed by atoms with Crippen LogP contribution in [0.1, 0.15) is 22.3 Å². The van der Waals surface area contributed by atoms with E-state index in [-0.39, 0.29) is 0 Å². The molecule has 0 fully saturated rings. The van der Waals surface area contributed by atoms with Crippen LogP contribution in [0, 0.1) is 13.8 Å². The number of allylic oxidation sites excluding steroid dienone is 1. The molecule has 0 aromatic heterocycles. The van der Waals surface area contributed by atoms with Crippen LogP contribution in [0.5, 0.6) is 0 Å². The Kier molecular flexibility index (Phi) is 5.14. The van der Waals surface area contributed by atoms with Crippen LogP contribution in [0.2, 0.25) is 0 Å². The summed E-state index contributed by atoms with van der Waals surface area (Å²) in [5.74, 6) is 0. The molecule has 0 aliphatic heterocycles. The normalized spacial score (nSPS) is 12.6. The fraction of sp³-hybridized carbons (Fsp3) is 0.0690. The van der Waals surface area contributed by atoms with Crippen LogP contribution in [0.25, 0.3) is 6.08 Å². The Labute approximate surface area is 185 Å². The van der Waals surface area contributed by atoms with Crippen molar-refractivity contribution in [2.75, 3.05) is 5.09 Å². The van der Waals surface area contributed by atoms with Gasteiger partial charge in [0.15, 0.2) is 0 Å². The number of para-hydroxylation sites is 1. The molecule has 2 heteroatoms. The van der Waals surface area contributed by atoms with E-state index in [9.17, 15) is 0 Å². The molecule has 31 heavy (non-hydrogen) atoms. The number of fused-ring (bicyclic) bond motifs is 1. The van der Waals surface area contributed by atoms with E-state index < -0.39 is 7.04 Å². The van der Waals surface area contributed by atoms with Crippen LogP contribution in [0.15, 0.2) is 109 Å². The fourth-order valence-corrected chi connectivity index (χ4v) is 8.53. The molecule has 0 unspecified atom stereocenters. The minimum Gasteiger partial charge on any atom is -0.358 e. The molecule has 0 amide bonds. The Balaban J connectivity index is 1.93. The zero-order valence-corrected chi connectivity index (χ0v) is 18.8. The summed E-state index contributed by atoms with van der Waals surface area (Å²) in [6, 6.07) is 37.2. The van der Waals surface area contributed by atoms with E-state index >= 15 is 0 Å². The molecule has 0 atom stereocenters. The Morgan fingerprint density at radius 3 is 1.71 bits per heavy atom. The monoisotopic (exact) mass is 419 g/mol. The molecule has 1 aliphatic rings. The SMILES string of the molecule is Cc1cccc(C)c1NP(=C1C=Cc2ccccc21)(c1ccccc1)c1ccccc1. The lowest BCUT2D eigenvalue weighted by Gasteiger charge is -2.34. The maximum Gasteiger partial charge on any atom is 0.0435 e. The molecule has 0 bridgehead atoms. The molecule has 4 aromatic carbocycles. The van der Waals surface area contributed by atoms with Crippen molar-refractivity contribution in [3.8, 4) is 0 Å². The van der Waals surface area contributed by atoms with Crippen LogP contribution in [0.4, 0.5) is 5.69 Å². The van der Waals surface area contributed by atoms with Gasteiger partial charge in [0, 0.05) is 18.0 Å². The van der Waals surface area contributed by atoms with Gasteiger partial charge in [-0.2, -0.15) is 0 Å². The number of hydrogen-bond acceptors (Lipinski definition) is 1. The van der Waals surface area contributed by atoms with Gasteiger partial charge in [0.1, 0.15) is 0 Å². The highest BCUT2D eigenvalue weighted by atomic mass is 31.2. The lowest BCUT2D eigenvalue weighted by Crippen LogP contribution is -2.27. The van der Waals surface area contributed by atoms with Crippen molar-refractivity contribution in [2.45, 2.75) is 13.8 Å². The maximum atomic E-state index is 4.17. The van der Waals surface area contributed by atoms with Crippen LogP contribution < -0.4 is 15.7 Å². The molecule has 0 saturated carbocycles. The standard InChI is InChI=1S/C29H26NP/c1-22-12-11-13-23(2)29(22)30-31(25-15-5-3-6-16-25,26-17-7-4-8-18-26)28-21-20-24-14-9-10-19-27(24)28/h3-21,30H,1-2H3. The Bertz CT molecular complexity index is 1250. The summed E-state index contributed by atoms with van der Waals surface area (Å²) in [5.41, 5.74) is 6.38. The highest BCUT2D eigenvalue weighted by Gasteiger charge is 2.30. The summed E-state index contributed by atoms with van der Waals surface area (Å²) in [7, 11) is -2.18. The van der Waals surface area contributed by atoms with Crippen LogP contribution >= 0.6 is 7.04 Å². The average Bonchev–Trinajstić information content (AvgIpc) is 3.25. The van der Waals surface area contributed by atoms with Gasteiger partial charge in [-0.3, -0.25) is 0 Å². The summed E-state index contributed by atoms with van der Waals surface area (Å²) in [6.45, 7) is 4.40. The second-order valence-corrected chi connectivity index (χ2v) is 11.1. The molecule has 1 nitrogen and oxygen atoms in total. The van der Waals surface area contributed by atoms with Crippen molar-refractivity contribution in [1.29, 1.82) is 0 Å². The van der Waals surface area contributed by atoms with E-state index in [1.165, 1.54) is 43.8 Å². The highest BCUT2D eigenvalue weighted by Crippen LogP contribution is 2.51. The van der Waals surface area contributed by atoms with E-state index in [0.29, 0.717) is 0 Å². The first-order valence-electron chi connectivity index (χ1n) is 10.7. The van der Waals surface area contributed by atoms with Crippen molar-refractivity contribution >= 4 is 34.7 Å². The molecule has 1 N–H and O–H groups in total. The molecule has 152 valence electrons. The Morgan fingerprint density at radius 1 is 0.548 bits per heavy atom. The molecule has 5 rings (SSSR count). The van der Waals surface area contributed by atoms with Crippen LogP contribution in [0.3, 0.4) is 0 Å². The molecule has 0 saturated heterocycles. The molecule has 4 aromatic rings. The lowest BCUT2D eigenvalue weighted by molar-refractivity contribution is 1.39. The van der Waals surface area contributed by atoms with Gasteiger partial charge in [-0.15, -0.1) is 0 Å². The van der Waals surface area contributed by atoms with Gasteiger partial charge >= 0.3 is 0 Å². The van der Waals surface area contributed by atoms with Crippen molar-refractivity contribution in [3.05, 3.63) is 131 Å². The molecule has 1 aliphatic carbocycles. The van der Waals surface area contributed by atoms with Crippen molar-refractivity contribution in [3.63, 3.8) is 0 Å². The van der Waals surface area contributed by atoms with E-state index in [1.54, 1.807) is 0 Å². The van der Waals surface area contributed by atoms with Gasteiger partial charge in [-0.05, 0) is 46.7 Å². The molecule has 0 radical (unpaired) electrons.